The van der Waals surface area contributed by atoms with Crippen LogP contribution in [-0.4, -0.2) is 32.7 Å². The molecule has 1 aromatic heterocycles. The molecule has 5 nitrogen and oxygen atoms in total. The second kappa shape index (κ2) is 8.60. The first kappa shape index (κ1) is 20.6. The van der Waals surface area contributed by atoms with Gasteiger partial charge in [-0.05, 0) is 49.2 Å². The fourth-order valence-electron chi connectivity index (χ4n) is 3.44. The van der Waals surface area contributed by atoms with Crippen LogP contribution in [0.2, 0.25) is 10.0 Å². The van der Waals surface area contributed by atoms with Gasteiger partial charge in [-0.15, -0.1) is 23.2 Å². The zero-order valence-electron chi connectivity index (χ0n) is 15.2. The molecule has 1 heterocycles. The smallest absolute Gasteiger partial charge is 0.255 e. The minimum atomic E-state index is -0.303. The lowest BCUT2D eigenvalue weighted by Crippen LogP contribution is -2.41. The van der Waals surface area contributed by atoms with Gasteiger partial charge in [0.15, 0.2) is 0 Å². The topological polar surface area (TPSA) is 69.8 Å². The summed E-state index contributed by atoms with van der Waals surface area (Å²) in [5, 5.41) is 6.87. The molecule has 1 aliphatic carbocycles. The number of amides is 1. The van der Waals surface area contributed by atoms with E-state index in [1.54, 1.807) is 36.4 Å². The maximum Gasteiger partial charge on any atom is 0.255 e. The van der Waals surface area contributed by atoms with E-state index in [2.05, 4.69) is 20.6 Å². The maximum atomic E-state index is 12.6. The lowest BCUT2D eigenvalue weighted by molar-refractivity contribution is 0.102. The zero-order chi connectivity index (χ0) is 20.5. The number of fused-ring (bicyclic) bond motifs is 1. The first-order valence-corrected chi connectivity index (χ1v) is 10.8. The summed E-state index contributed by atoms with van der Waals surface area (Å²) >= 11 is 25.0. The quantitative estimate of drug-likeness (QED) is 0.391. The summed E-state index contributed by atoms with van der Waals surface area (Å²) in [5.74, 6) is 0.279. The summed E-state index contributed by atoms with van der Waals surface area (Å²) in [6.07, 6.45) is 2.86. The monoisotopic (exact) mass is 470 g/mol. The van der Waals surface area contributed by atoms with Gasteiger partial charge in [-0.1, -0.05) is 29.6 Å². The van der Waals surface area contributed by atoms with E-state index in [9.17, 15) is 4.79 Å². The third kappa shape index (κ3) is 4.58. The molecule has 0 aliphatic heterocycles. The summed E-state index contributed by atoms with van der Waals surface area (Å²) in [4.78, 5) is 20.4. The Balaban J connectivity index is 1.53. The molecule has 1 saturated carbocycles. The van der Waals surface area contributed by atoms with Crippen LogP contribution in [-0.2, 0) is 0 Å². The van der Waals surface area contributed by atoms with Gasteiger partial charge in [0.2, 0.25) is 5.95 Å². The molecule has 1 amide bonds. The summed E-state index contributed by atoms with van der Waals surface area (Å²) < 4.78 is 0. The van der Waals surface area contributed by atoms with Gasteiger partial charge < -0.3 is 15.6 Å². The lowest BCUT2D eigenvalue weighted by Gasteiger charge is -2.31. The van der Waals surface area contributed by atoms with E-state index in [-0.39, 0.29) is 22.7 Å². The molecule has 152 valence electrons. The molecule has 0 saturated heterocycles. The number of carbonyl (C=O) groups is 1. The predicted octanol–water partition coefficient (Wildman–Crippen LogP) is 6.30. The molecule has 3 N–H and O–H groups in total. The summed E-state index contributed by atoms with van der Waals surface area (Å²) in [7, 11) is 0. The van der Waals surface area contributed by atoms with Crippen molar-refractivity contribution in [1.82, 2.24) is 9.97 Å². The summed E-state index contributed by atoms with van der Waals surface area (Å²) in [5.41, 5.74) is 2.37. The Morgan fingerprint density at radius 2 is 1.83 bits per heavy atom. The molecule has 0 bridgehead atoms. The fourth-order valence-corrected chi connectivity index (χ4v) is 4.63. The highest BCUT2D eigenvalue weighted by atomic mass is 35.5. The van der Waals surface area contributed by atoms with E-state index in [4.69, 9.17) is 46.4 Å². The van der Waals surface area contributed by atoms with Crippen LogP contribution in [0.15, 0.2) is 36.4 Å². The number of nitrogens with zero attached hydrogens (tertiary/aromatic N) is 1. The number of benzene rings is 2. The first-order chi connectivity index (χ1) is 13.9. The number of aromatic amines is 1. The lowest BCUT2D eigenvalue weighted by atomic mass is 9.94. The largest absolute Gasteiger partial charge is 0.350 e. The number of hydrogen-bond acceptors (Lipinski definition) is 3. The molecule has 2 aromatic carbocycles. The highest BCUT2D eigenvalue weighted by Crippen LogP contribution is 2.30. The van der Waals surface area contributed by atoms with Gasteiger partial charge in [-0.3, -0.25) is 4.79 Å². The van der Waals surface area contributed by atoms with Crippen LogP contribution in [0.5, 0.6) is 0 Å². The number of nitrogens with one attached hydrogen (secondary N) is 3. The van der Waals surface area contributed by atoms with E-state index in [0.29, 0.717) is 32.8 Å². The van der Waals surface area contributed by atoms with Crippen molar-refractivity contribution < 1.29 is 4.79 Å². The number of H-pyrrole nitrogens is 1. The Morgan fingerprint density at radius 3 is 2.59 bits per heavy atom. The van der Waals surface area contributed by atoms with Gasteiger partial charge in [-0.2, -0.15) is 0 Å². The average Bonchev–Trinajstić information content (AvgIpc) is 3.09. The Kier molecular flexibility index (Phi) is 6.11. The number of alkyl halides is 2. The maximum absolute atomic E-state index is 12.6. The van der Waals surface area contributed by atoms with E-state index in [1.807, 2.05) is 0 Å². The third-order valence-corrected chi connectivity index (χ3v) is 6.51. The average molecular weight is 472 g/mol. The van der Waals surface area contributed by atoms with Gasteiger partial charge in [0.1, 0.15) is 0 Å². The second-order valence-electron chi connectivity index (χ2n) is 7.03. The molecule has 0 radical (unpaired) electrons. The second-order valence-corrected chi connectivity index (χ2v) is 8.99. The number of imidazole rings is 1. The van der Waals surface area contributed by atoms with Gasteiger partial charge in [0.05, 0.1) is 38.5 Å². The molecule has 2 unspecified atom stereocenters. The van der Waals surface area contributed by atoms with Crippen molar-refractivity contribution >= 4 is 75.0 Å². The molecule has 4 rings (SSSR count). The van der Waals surface area contributed by atoms with E-state index in [0.717, 1.165) is 24.8 Å². The standard InChI is InChI=1S/C20H18Cl4N4O/c21-11-5-6-12(22)16(9-11)25-19(29)10-4-7-15-17(8-10)27-20(26-15)28-18-13(23)2-1-3-14(18)24/h4-9,13-14,18H,1-3H2,(H,25,29)(H2,26,27,28). The highest BCUT2D eigenvalue weighted by Gasteiger charge is 2.31. The van der Waals surface area contributed by atoms with Crippen LogP contribution >= 0.6 is 46.4 Å². The van der Waals surface area contributed by atoms with Crippen LogP contribution in [0.1, 0.15) is 29.6 Å². The van der Waals surface area contributed by atoms with E-state index in [1.165, 1.54) is 0 Å². The number of aromatic nitrogens is 2. The summed E-state index contributed by atoms with van der Waals surface area (Å²) in [6, 6.07) is 10.1. The molecule has 0 spiro atoms. The van der Waals surface area contributed by atoms with Gasteiger partial charge in [-0.25, -0.2) is 4.98 Å². The molecular formula is C20H18Cl4N4O. The number of hydrogen-bond donors (Lipinski definition) is 3. The number of anilines is 2. The third-order valence-electron chi connectivity index (χ3n) is 4.96. The minimum Gasteiger partial charge on any atom is -0.350 e. The Labute approximate surface area is 188 Å². The van der Waals surface area contributed by atoms with Crippen molar-refractivity contribution in [2.75, 3.05) is 10.6 Å². The highest BCUT2D eigenvalue weighted by molar-refractivity contribution is 6.36. The van der Waals surface area contributed by atoms with Crippen LogP contribution < -0.4 is 10.6 Å². The molecule has 3 aromatic rings. The van der Waals surface area contributed by atoms with Crippen molar-refractivity contribution in [3.05, 3.63) is 52.0 Å². The van der Waals surface area contributed by atoms with Gasteiger partial charge in [0, 0.05) is 10.6 Å². The molecule has 1 aliphatic rings. The Hall–Kier alpha value is -1.66. The number of carbonyl (C=O) groups excluding carboxylic acids is 1. The van der Waals surface area contributed by atoms with Crippen molar-refractivity contribution in [3.8, 4) is 0 Å². The fraction of sp³-hybridized carbons (Fsp3) is 0.300. The van der Waals surface area contributed by atoms with E-state index < -0.39 is 0 Å². The van der Waals surface area contributed by atoms with Gasteiger partial charge in [0.25, 0.3) is 5.91 Å². The minimum absolute atomic E-state index is 0.0526. The Morgan fingerprint density at radius 1 is 1.07 bits per heavy atom. The van der Waals surface area contributed by atoms with Crippen molar-refractivity contribution in [3.63, 3.8) is 0 Å². The number of rotatable bonds is 4. The Bertz CT molecular complexity index is 1040. The first-order valence-electron chi connectivity index (χ1n) is 9.21. The van der Waals surface area contributed by atoms with Crippen LogP contribution in [0.4, 0.5) is 11.6 Å². The summed E-state index contributed by atoms with van der Waals surface area (Å²) in [6.45, 7) is 0. The zero-order valence-corrected chi connectivity index (χ0v) is 18.2. The predicted molar refractivity (Wildman–Crippen MR) is 121 cm³/mol. The van der Waals surface area contributed by atoms with Crippen molar-refractivity contribution in [1.29, 1.82) is 0 Å². The van der Waals surface area contributed by atoms with Crippen LogP contribution in [0.3, 0.4) is 0 Å². The number of halogens is 4. The van der Waals surface area contributed by atoms with Crippen molar-refractivity contribution in [2.45, 2.75) is 36.1 Å². The SMILES string of the molecule is O=C(Nc1cc(Cl)ccc1Cl)c1ccc2[nH]c(NC3C(Cl)CCCC3Cl)nc2c1. The molecule has 9 heteroatoms. The van der Waals surface area contributed by atoms with E-state index >= 15 is 0 Å². The molecular weight excluding hydrogens is 454 g/mol. The van der Waals surface area contributed by atoms with Crippen LogP contribution in [0.25, 0.3) is 11.0 Å². The van der Waals surface area contributed by atoms with Crippen molar-refractivity contribution in [2.24, 2.45) is 0 Å². The molecule has 1 fully saturated rings. The molecule has 2 atom stereocenters. The van der Waals surface area contributed by atoms with Crippen LogP contribution in [0, 0.1) is 0 Å². The molecule has 29 heavy (non-hydrogen) atoms. The normalized spacial score (nSPS) is 21.9. The van der Waals surface area contributed by atoms with Gasteiger partial charge >= 0.3 is 0 Å².